The zero-order chi connectivity index (χ0) is 10.9. The third-order valence-electron chi connectivity index (χ3n) is 2.45. The zero-order valence-corrected chi connectivity index (χ0v) is 8.90. The molecule has 74 valence electrons. The summed E-state index contributed by atoms with van der Waals surface area (Å²) >= 11 is 0. The van der Waals surface area contributed by atoms with E-state index in [-0.39, 0.29) is 5.91 Å². The van der Waals surface area contributed by atoms with Crippen molar-refractivity contribution in [3.05, 3.63) is 27.6 Å². The van der Waals surface area contributed by atoms with E-state index in [1.54, 1.807) is 0 Å². The van der Waals surface area contributed by atoms with Gasteiger partial charge in [-0.2, -0.15) is 0 Å². The van der Waals surface area contributed by atoms with Crippen LogP contribution in [-0.2, 0) is 4.79 Å². The molecule has 1 N–H and O–H groups in total. The molecule has 0 aromatic heterocycles. The van der Waals surface area contributed by atoms with Crippen LogP contribution in [0.1, 0.15) is 18.1 Å². The highest BCUT2D eigenvalue weighted by molar-refractivity contribution is 5.88. The van der Waals surface area contributed by atoms with Crippen LogP contribution in [0.2, 0.25) is 0 Å². The van der Waals surface area contributed by atoms with Crippen LogP contribution in [0, 0.1) is 13.8 Å². The number of hydrogen-bond acceptors (Lipinski definition) is 1. The summed E-state index contributed by atoms with van der Waals surface area (Å²) in [6, 6.07) is 1.85. The van der Waals surface area contributed by atoms with Crippen LogP contribution in [0.5, 0.6) is 0 Å². The van der Waals surface area contributed by atoms with E-state index in [2.05, 4.69) is 18.5 Å². The van der Waals surface area contributed by atoms with Crippen LogP contribution in [0.15, 0.2) is 6.07 Å². The van der Waals surface area contributed by atoms with E-state index in [0.29, 0.717) is 0 Å². The number of carbonyl (C=O) groups excluding carboxylic acids is 1. The first-order chi connectivity index (χ1) is 6.43. The second kappa shape index (κ2) is 3.66. The van der Waals surface area contributed by atoms with E-state index in [1.165, 1.54) is 6.92 Å². The van der Waals surface area contributed by atoms with Crippen molar-refractivity contribution in [1.29, 1.82) is 0 Å². The second-order valence-corrected chi connectivity index (χ2v) is 3.49. The summed E-state index contributed by atoms with van der Waals surface area (Å²) < 4.78 is 0. The lowest BCUT2D eigenvalue weighted by molar-refractivity contribution is -0.114. The lowest BCUT2D eigenvalue weighted by Crippen LogP contribution is -2.22. The van der Waals surface area contributed by atoms with Crippen LogP contribution in [0.25, 0.3) is 13.2 Å². The fraction of sp³-hybridized carbons (Fsp3) is 0.250. The first kappa shape index (κ1) is 10.5. The molecule has 0 saturated carbocycles. The van der Waals surface area contributed by atoms with Gasteiger partial charge in [0.05, 0.1) is 0 Å². The van der Waals surface area contributed by atoms with Crippen LogP contribution < -0.4 is 15.8 Å². The van der Waals surface area contributed by atoms with Gasteiger partial charge < -0.3 is 5.32 Å². The minimum Gasteiger partial charge on any atom is -0.326 e. The van der Waals surface area contributed by atoms with Gasteiger partial charge in [-0.3, -0.25) is 4.79 Å². The standard InChI is InChI=1S/C12H15NO/c1-7-6-12(13-11(5)14)10(4)9(3)8(7)2/h6H,1,4H2,2-3,5H3,(H,13,14). The Morgan fingerprint density at radius 3 is 2.36 bits per heavy atom. The van der Waals surface area contributed by atoms with Crippen molar-refractivity contribution in [2.75, 3.05) is 5.32 Å². The van der Waals surface area contributed by atoms with Gasteiger partial charge in [-0.1, -0.05) is 13.2 Å². The summed E-state index contributed by atoms with van der Waals surface area (Å²) in [5.41, 5.74) is 2.97. The first-order valence-corrected chi connectivity index (χ1v) is 4.49. The van der Waals surface area contributed by atoms with E-state index >= 15 is 0 Å². The Morgan fingerprint density at radius 1 is 1.29 bits per heavy atom. The summed E-state index contributed by atoms with van der Waals surface area (Å²) in [7, 11) is 0. The van der Waals surface area contributed by atoms with Crippen LogP contribution >= 0.6 is 0 Å². The summed E-state index contributed by atoms with van der Waals surface area (Å²) in [6.45, 7) is 13.3. The molecule has 0 saturated heterocycles. The van der Waals surface area contributed by atoms with Gasteiger partial charge in [0, 0.05) is 12.6 Å². The molecule has 0 aliphatic carbocycles. The molecule has 0 fully saturated rings. The van der Waals surface area contributed by atoms with Gasteiger partial charge in [-0.05, 0) is 41.5 Å². The fourth-order valence-electron chi connectivity index (χ4n) is 1.34. The molecule has 2 heteroatoms. The van der Waals surface area contributed by atoms with Gasteiger partial charge >= 0.3 is 0 Å². The molecule has 1 rings (SSSR count). The number of benzene rings is 1. The third-order valence-corrected chi connectivity index (χ3v) is 2.45. The van der Waals surface area contributed by atoms with Gasteiger partial charge in [0.1, 0.15) is 0 Å². The van der Waals surface area contributed by atoms with E-state index in [4.69, 9.17) is 0 Å². The molecule has 0 spiro atoms. The molecule has 2 nitrogen and oxygen atoms in total. The number of carbonyl (C=O) groups is 1. The van der Waals surface area contributed by atoms with Gasteiger partial charge in [-0.15, -0.1) is 0 Å². The minimum atomic E-state index is -0.0856. The normalized spacial score (nSPS) is 9.93. The number of nitrogens with one attached hydrogen (secondary N) is 1. The Kier molecular flexibility index (Phi) is 2.75. The smallest absolute Gasteiger partial charge is 0.221 e. The van der Waals surface area contributed by atoms with Crippen LogP contribution in [0.4, 0.5) is 5.69 Å². The molecule has 1 aromatic rings. The minimum absolute atomic E-state index is 0.0856. The molecule has 14 heavy (non-hydrogen) atoms. The van der Waals surface area contributed by atoms with Crippen LogP contribution in [-0.4, -0.2) is 5.91 Å². The van der Waals surface area contributed by atoms with Crippen molar-refractivity contribution in [2.24, 2.45) is 0 Å². The van der Waals surface area contributed by atoms with Gasteiger partial charge in [-0.25, -0.2) is 0 Å². The van der Waals surface area contributed by atoms with Gasteiger partial charge in [0.25, 0.3) is 0 Å². The van der Waals surface area contributed by atoms with Crippen molar-refractivity contribution >= 4 is 24.8 Å². The highest BCUT2D eigenvalue weighted by Gasteiger charge is 2.02. The molecular formula is C12H15NO. The molecule has 0 bridgehead atoms. The van der Waals surface area contributed by atoms with Crippen molar-refractivity contribution in [3.63, 3.8) is 0 Å². The highest BCUT2D eigenvalue weighted by atomic mass is 16.1. The quantitative estimate of drug-likeness (QED) is 0.703. The summed E-state index contributed by atoms with van der Waals surface area (Å²) in [5, 5.41) is 4.54. The van der Waals surface area contributed by atoms with Crippen LogP contribution in [0.3, 0.4) is 0 Å². The molecule has 0 unspecified atom stereocenters. The highest BCUT2D eigenvalue weighted by Crippen LogP contribution is 2.01. The average molecular weight is 189 g/mol. The number of amides is 1. The Hall–Kier alpha value is -1.57. The Morgan fingerprint density at radius 2 is 1.86 bits per heavy atom. The van der Waals surface area contributed by atoms with Crippen molar-refractivity contribution in [3.8, 4) is 0 Å². The SMILES string of the molecule is C=c1cc(NC(C)=O)c(=C)c(C)c1C. The summed E-state index contributed by atoms with van der Waals surface area (Å²) in [6.07, 6.45) is 0. The molecule has 0 atom stereocenters. The predicted molar refractivity (Wildman–Crippen MR) is 60.5 cm³/mol. The number of anilines is 1. The monoisotopic (exact) mass is 189 g/mol. The maximum atomic E-state index is 10.9. The number of rotatable bonds is 1. The van der Waals surface area contributed by atoms with E-state index in [1.807, 2.05) is 19.9 Å². The fourth-order valence-corrected chi connectivity index (χ4v) is 1.34. The molecule has 0 aliphatic rings. The maximum absolute atomic E-state index is 10.9. The molecular weight excluding hydrogens is 174 g/mol. The Balaban J connectivity index is 3.41. The van der Waals surface area contributed by atoms with Gasteiger partial charge in [0.2, 0.25) is 5.91 Å². The number of hydrogen-bond donors (Lipinski definition) is 1. The van der Waals surface area contributed by atoms with Crippen molar-refractivity contribution < 1.29 is 4.79 Å². The van der Waals surface area contributed by atoms with E-state index < -0.39 is 0 Å². The third kappa shape index (κ3) is 1.84. The summed E-state index contributed by atoms with van der Waals surface area (Å²) in [5.74, 6) is -0.0856. The molecule has 1 amide bonds. The second-order valence-electron chi connectivity index (χ2n) is 3.49. The molecule has 0 radical (unpaired) electrons. The lowest BCUT2D eigenvalue weighted by Gasteiger charge is -2.08. The first-order valence-electron chi connectivity index (χ1n) is 4.49. The zero-order valence-electron chi connectivity index (χ0n) is 8.90. The van der Waals surface area contributed by atoms with Crippen molar-refractivity contribution in [2.45, 2.75) is 20.8 Å². The van der Waals surface area contributed by atoms with E-state index in [9.17, 15) is 4.79 Å². The molecule has 1 aromatic carbocycles. The summed E-state index contributed by atoms with van der Waals surface area (Å²) in [4.78, 5) is 10.9. The molecule has 0 heterocycles. The topological polar surface area (TPSA) is 29.1 Å². The largest absolute Gasteiger partial charge is 0.326 e. The van der Waals surface area contributed by atoms with Crippen molar-refractivity contribution in [1.82, 2.24) is 0 Å². The molecule has 0 aliphatic heterocycles. The predicted octanol–water partition coefficient (Wildman–Crippen LogP) is 1.08. The Bertz CT molecular complexity index is 474. The van der Waals surface area contributed by atoms with Gasteiger partial charge in [0.15, 0.2) is 0 Å². The Labute approximate surface area is 84.0 Å². The lowest BCUT2D eigenvalue weighted by atomic mass is 10.0. The maximum Gasteiger partial charge on any atom is 0.221 e. The average Bonchev–Trinajstić information content (AvgIpc) is 2.10. The van der Waals surface area contributed by atoms with E-state index in [0.717, 1.165) is 27.3 Å².